The van der Waals surface area contributed by atoms with Gasteiger partial charge in [0, 0.05) is 6.54 Å². The fourth-order valence-electron chi connectivity index (χ4n) is 2.97. The number of β-amino-alcohol motifs (C(OH)–C–C–N with tert-alkyl or cyclic N) is 1. The van der Waals surface area contributed by atoms with Crippen molar-refractivity contribution in [2.45, 2.75) is 45.3 Å². The first kappa shape index (κ1) is 16.5. The molecular formula is C18H29NO2. The van der Waals surface area contributed by atoms with Gasteiger partial charge in [-0.15, -0.1) is 0 Å². The Morgan fingerprint density at radius 1 is 1.19 bits per heavy atom. The molecule has 1 saturated heterocycles. The van der Waals surface area contributed by atoms with Crippen molar-refractivity contribution in [1.29, 1.82) is 0 Å². The van der Waals surface area contributed by atoms with Gasteiger partial charge in [-0.25, -0.2) is 0 Å². The molecule has 3 heteroatoms. The van der Waals surface area contributed by atoms with Gasteiger partial charge in [0.05, 0.1) is 18.8 Å². The van der Waals surface area contributed by atoms with E-state index in [0.29, 0.717) is 6.61 Å². The van der Waals surface area contributed by atoms with Gasteiger partial charge in [-0.2, -0.15) is 0 Å². The van der Waals surface area contributed by atoms with Crippen molar-refractivity contribution < 1.29 is 9.84 Å². The smallest absolute Gasteiger partial charge is 0.0900 e. The molecule has 1 aliphatic heterocycles. The Morgan fingerprint density at radius 2 is 1.86 bits per heavy atom. The van der Waals surface area contributed by atoms with Gasteiger partial charge in [-0.05, 0) is 57.7 Å². The van der Waals surface area contributed by atoms with Crippen LogP contribution in [0.2, 0.25) is 0 Å². The zero-order chi connectivity index (χ0) is 15.1. The summed E-state index contributed by atoms with van der Waals surface area (Å²) < 4.78 is 5.47. The van der Waals surface area contributed by atoms with Crippen LogP contribution in [0, 0.1) is 5.92 Å². The number of nitrogens with zero attached hydrogens (tertiary/aromatic N) is 1. The van der Waals surface area contributed by atoms with Crippen molar-refractivity contribution in [3.8, 4) is 0 Å². The lowest BCUT2D eigenvalue weighted by atomic mass is 9.90. The fourth-order valence-corrected chi connectivity index (χ4v) is 2.97. The summed E-state index contributed by atoms with van der Waals surface area (Å²) in [5, 5.41) is 9.98. The van der Waals surface area contributed by atoms with E-state index in [0.717, 1.165) is 25.6 Å². The number of piperidine rings is 1. The first-order valence-corrected chi connectivity index (χ1v) is 8.19. The van der Waals surface area contributed by atoms with E-state index in [1.807, 2.05) is 13.8 Å². The first-order chi connectivity index (χ1) is 10.1. The van der Waals surface area contributed by atoms with Crippen molar-refractivity contribution in [1.82, 2.24) is 4.90 Å². The Labute approximate surface area is 128 Å². The van der Waals surface area contributed by atoms with Crippen LogP contribution in [0.25, 0.3) is 0 Å². The molecule has 0 spiro atoms. The van der Waals surface area contributed by atoms with E-state index in [2.05, 4.69) is 35.2 Å². The summed E-state index contributed by atoms with van der Waals surface area (Å²) in [6, 6.07) is 10.8. The van der Waals surface area contributed by atoms with E-state index >= 15 is 0 Å². The van der Waals surface area contributed by atoms with Gasteiger partial charge in [-0.1, -0.05) is 30.3 Å². The van der Waals surface area contributed by atoms with Crippen LogP contribution >= 0.6 is 0 Å². The number of hydrogen-bond acceptors (Lipinski definition) is 3. The van der Waals surface area contributed by atoms with Crippen LogP contribution in [0.3, 0.4) is 0 Å². The van der Waals surface area contributed by atoms with Crippen LogP contribution in [-0.4, -0.2) is 48.5 Å². The van der Waals surface area contributed by atoms with E-state index in [1.165, 1.54) is 24.8 Å². The molecule has 21 heavy (non-hydrogen) atoms. The van der Waals surface area contributed by atoms with Gasteiger partial charge in [0.25, 0.3) is 0 Å². The normalized spacial score (nSPS) is 19.0. The first-order valence-electron chi connectivity index (χ1n) is 8.19. The van der Waals surface area contributed by atoms with Gasteiger partial charge in [0.1, 0.15) is 0 Å². The summed E-state index contributed by atoms with van der Waals surface area (Å²) in [6.07, 6.45) is 3.47. The van der Waals surface area contributed by atoms with E-state index < -0.39 is 0 Å². The number of aliphatic hydroxyl groups excluding tert-OH is 1. The van der Waals surface area contributed by atoms with Crippen LogP contribution < -0.4 is 0 Å². The molecule has 1 N–H and O–H groups in total. The van der Waals surface area contributed by atoms with Crippen LogP contribution in [0.4, 0.5) is 0 Å². The van der Waals surface area contributed by atoms with Crippen LogP contribution in [-0.2, 0) is 11.2 Å². The molecule has 0 saturated carbocycles. The topological polar surface area (TPSA) is 32.7 Å². The molecule has 2 rings (SSSR count). The van der Waals surface area contributed by atoms with Crippen molar-refractivity contribution in [2.24, 2.45) is 5.92 Å². The van der Waals surface area contributed by atoms with Gasteiger partial charge >= 0.3 is 0 Å². The molecule has 0 radical (unpaired) electrons. The highest BCUT2D eigenvalue weighted by Crippen LogP contribution is 2.21. The Kier molecular flexibility index (Phi) is 6.68. The van der Waals surface area contributed by atoms with Crippen molar-refractivity contribution in [2.75, 3.05) is 26.2 Å². The molecule has 3 nitrogen and oxygen atoms in total. The summed E-state index contributed by atoms with van der Waals surface area (Å²) in [6.45, 7) is 7.38. The summed E-state index contributed by atoms with van der Waals surface area (Å²) in [5.74, 6) is 0.785. The second-order valence-corrected chi connectivity index (χ2v) is 6.47. The predicted octanol–water partition coefficient (Wildman–Crippen LogP) is 2.73. The van der Waals surface area contributed by atoms with Crippen LogP contribution in [0.15, 0.2) is 30.3 Å². The maximum absolute atomic E-state index is 9.98. The predicted molar refractivity (Wildman–Crippen MR) is 86.4 cm³/mol. The SMILES string of the molecule is CC(C)OC[C@H](O)CN1CCC(Cc2ccccc2)CC1. The molecule has 0 aliphatic carbocycles. The third kappa shape index (κ3) is 6.16. The summed E-state index contributed by atoms with van der Waals surface area (Å²) in [5.41, 5.74) is 1.45. The zero-order valence-corrected chi connectivity index (χ0v) is 13.4. The highest BCUT2D eigenvalue weighted by atomic mass is 16.5. The van der Waals surface area contributed by atoms with Gasteiger partial charge in [0.15, 0.2) is 0 Å². The van der Waals surface area contributed by atoms with Gasteiger partial charge < -0.3 is 14.7 Å². The minimum atomic E-state index is -0.363. The summed E-state index contributed by atoms with van der Waals surface area (Å²) in [7, 11) is 0. The largest absolute Gasteiger partial charge is 0.389 e. The van der Waals surface area contributed by atoms with E-state index in [1.54, 1.807) is 0 Å². The van der Waals surface area contributed by atoms with Gasteiger partial charge in [0.2, 0.25) is 0 Å². The molecule has 1 heterocycles. The Balaban J connectivity index is 1.66. The maximum atomic E-state index is 9.98. The Bertz CT molecular complexity index is 385. The molecule has 1 aliphatic rings. The second kappa shape index (κ2) is 8.52. The minimum absolute atomic E-state index is 0.191. The highest BCUT2D eigenvalue weighted by molar-refractivity contribution is 5.15. The minimum Gasteiger partial charge on any atom is -0.389 e. The number of ether oxygens (including phenoxy) is 1. The number of hydrogen-bond donors (Lipinski definition) is 1. The Hall–Kier alpha value is -0.900. The highest BCUT2D eigenvalue weighted by Gasteiger charge is 2.21. The molecule has 1 aromatic rings. The number of likely N-dealkylation sites (tertiary alicyclic amines) is 1. The van der Waals surface area contributed by atoms with E-state index in [-0.39, 0.29) is 12.2 Å². The van der Waals surface area contributed by atoms with Crippen LogP contribution in [0.5, 0.6) is 0 Å². The number of aliphatic hydroxyl groups is 1. The summed E-state index contributed by atoms with van der Waals surface area (Å²) in [4.78, 5) is 2.37. The number of rotatable bonds is 7. The van der Waals surface area contributed by atoms with E-state index in [4.69, 9.17) is 4.74 Å². The molecule has 1 aromatic carbocycles. The van der Waals surface area contributed by atoms with Gasteiger partial charge in [-0.3, -0.25) is 0 Å². The monoisotopic (exact) mass is 291 g/mol. The maximum Gasteiger partial charge on any atom is 0.0900 e. The fraction of sp³-hybridized carbons (Fsp3) is 0.667. The second-order valence-electron chi connectivity index (χ2n) is 6.47. The molecule has 1 fully saturated rings. The summed E-state index contributed by atoms with van der Waals surface area (Å²) >= 11 is 0. The quantitative estimate of drug-likeness (QED) is 0.838. The van der Waals surface area contributed by atoms with Crippen LogP contribution in [0.1, 0.15) is 32.3 Å². The molecule has 0 aromatic heterocycles. The average Bonchev–Trinajstić information content (AvgIpc) is 2.48. The Morgan fingerprint density at radius 3 is 2.48 bits per heavy atom. The average molecular weight is 291 g/mol. The lowest BCUT2D eigenvalue weighted by Crippen LogP contribution is -2.40. The third-order valence-electron chi connectivity index (χ3n) is 4.17. The lowest BCUT2D eigenvalue weighted by molar-refractivity contribution is -0.0124. The molecular weight excluding hydrogens is 262 g/mol. The van der Waals surface area contributed by atoms with Crippen molar-refractivity contribution >= 4 is 0 Å². The molecule has 0 bridgehead atoms. The third-order valence-corrected chi connectivity index (χ3v) is 4.17. The molecule has 0 amide bonds. The number of benzene rings is 1. The molecule has 0 unspecified atom stereocenters. The lowest BCUT2D eigenvalue weighted by Gasteiger charge is -2.33. The van der Waals surface area contributed by atoms with E-state index in [9.17, 15) is 5.11 Å². The zero-order valence-electron chi connectivity index (χ0n) is 13.4. The standard InChI is InChI=1S/C18H29NO2/c1-15(2)21-14-18(20)13-19-10-8-17(9-11-19)12-16-6-4-3-5-7-16/h3-7,15,17-18,20H,8-14H2,1-2H3/t18-/m1/s1. The molecule has 1 atom stereocenters. The van der Waals surface area contributed by atoms with Crippen molar-refractivity contribution in [3.63, 3.8) is 0 Å². The molecule has 118 valence electrons. The van der Waals surface area contributed by atoms with Crippen molar-refractivity contribution in [3.05, 3.63) is 35.9 Å².